The number of rotatable bonds is 9. The fraction of sp³-hybridized carbons (Fsp3) is 0.143. The zero-order valence-electron chi connectivity index (χ0n) is 19.5. The second kappa shape index (κ2) is 10.3. The number of carboxylic acid groups (broad SMARTS) is 1. The normalized spacial score (nSPS) is 11.9. The van der Waals surface area contributed by atoms with Crippen molar-refractivity contribution in [2.24, 2.45) is 0 Å². The predicted molar refractivity (Wildman–Crippen MR) is 135 cm³/mol. The number of aliphatic carboxylic acids is 1. The van der Waals surface area contributed by atoms with Crippen molar-refractivity contribution in [1.29, 1.82) is 0 Å². The zero-order chi connectivity index (χ0) is 24.9. The Bertz CT molecular complexity index is 1440. The third kappa shape index (κ3) is 5.50. The molecule has 1 unspecified atom stereocenters. The molecule has 3 aromatic heterocycles. The van der Waals surface area contributed by atoms with Crippen molar-refractivity contribution in [3.8, 4) is 11.3 Å². The molecule has 8 nitrogen and oxygen atoms in total. The van der Waals surface area contributed by atoms with Crippen molar-refractivity contribution in [2.75, 3.05) is 5.73 Å². The van der Waals surface area contributed by atoms with Crippen LogP contribution in [-0.4, -0.2) is 30.8 Å². The Balaban J connectivity index is 1.24. The van der Waals surface area contributed by atoms with E-state index in [0.717, 1.165) is 23.2 Å². The maximum absolute atomic E-state index is 11.9. The number of hydrogen-bond donors (Lipinski definition) is 2. The average Bonchev–Trinajstić information content (AvgIpc) is 3.55. The van der Waals surface area contributed by atoms with Crippen molar-refractivity contribution >= 4 is 11.8 Å². The molecule has 0 spiro atoms. The highest BCUT2D eigenvalue weighted by Gasteiger charge is 2.23. The molecule has 5 aromatic rings. The topological polar surface area (TPSA) is 120 Å². The van der Waals surface area contributed by atoms with E-state index in [9.17, 15) is 9.90 Å². The number of nitrogens with zero attached hydrogens (tertiary/aromatic N) is 4. The fourth-order valence-electron chi connectivity index (χ4n) is 4.08. The molecule has 0 bridgehead atoms. The van der Waals surface area contributed by atoms with E-state index in [1.165, 1.54) is 11.1 Å². The van der Waals surface area contributed by atoms with Crippen LogP contribution in [0, 0.1) is 0 Å². The molecule has 3 N–H and O–H groups in total. The lowest BCUT2D eigenvalue weighted by Crippen LogP contribution is -2.15. The van der Waals surface area contributed by atoms with Crippen molar-refractivity contribution in [3.63, 3.8) is 0 Å². The molecule has 0 aliphatic heterocycles. The lowest BCUT2D eigenvalue weighted by atomic mass is 9.98. The molecule has 36 heavy (non-hydrogen) atoms. The number of anilines is 1. The quantitative estimate of drug-likeness (QED) is 0.318. The van der Waals surface area contributed by atoms with Gasteiger partial charge in [-0.2, -0.15) is 0 Å². The van der Waals surface area contributed by atoms with Crippen molar-refractivity contribution in [1.82, 2.24) is 19.7 Å². The third-order valence-electron chi connectivity index (χ3n) is 5.99. The summed E-state index contributed by atoms with van der Waals surface area (Å²) in [7, 11) is 0. The van der Waals surface area contributed by atoms with Gasteiger partial charge in [0.05, 0.1) is 18.6 Å². The second-order valence-corrected chi connectivity index (χ2v) is 8.70. The number of benzene rings is 2. The van der Waals surface area contributed by atoms with Gasteiger partial charge in [-0.1, -0.05) is 65.8 Å². The summed E-state index contributed by atoms with van der Waals surface area (Å²) in [6.45, 7) is 0.415. The molecule has 2 aromatic carbocycles. The van der Waals surface area contributed by atoms with Crippen LogP contribution in [0.5, 0.6) is 0 Å². The molecule has 1 atom stereocenters. The molecule has 180 valence electrons. The first-order chi connectivity index (χ1) is 17.5. The summed E-state index contributed by atoms with van der Waals surface area (Å²) in [6.07, 6.45) is 6.08. The molecule has 0 radical (unpaired) electrons. The minimum atomic E-state index is -0.948. The Morgan fingerprint density at radius 1 is 0.972 bits per heavy atom. The Morgan fingerprint density at radius 2 is 1.72 bits per heavy atom. The monoisotopic (exact) mass is 479 g/mol. The van der Waals surface area contributed by atoms with E-state index in [2.05, 4.69) is 39.4 Å². The molecule has 0 aliphatic rings. The maximum Gasteiger partial charge on any atom is 0.312 e. The van der Waals surface area contributed by atoms with Crippen LogP contribution < -0.4 is 5.73 Å². The Labute approximate surface area is 208 Å². The minimum absolute atomic E-state index is 0.272. The largest absolute Gasteiger partial charge is 0.481 e. The van der Waals surface area contributed by atoms with Gasteiger partial charge in [-0.05, 0) is 35.6 Å². The summed E-state index contributed by atoms with van der Waals surface area (Å²) >= 11 is 0. The lowest BCUT2D eigenvalue weighted by Gasteiger charge is -2.09. The smallest absolute Gasteiger partial charge is 0.312 e. The van der Waals surface area contributed by atoms with Crippen molar-refractivity contribution in [3.05, 3.63) is 120 Å². The van der Waals surface area contributed by atoms with E-state index in [0.29, 0.717) is 23.8 Å². The van der Waals surface area contributed by atoms with Crippen LogP contribution in [0.25, 0.3) is 11.3 Å². The summed E-state index contributed by atoms with van der Waals surface area (Å²) in [5, 5.41) is 13.9. The first kappa shape index (κ1) is 23.0. The molecule has 8 heteroatoms. The second-order valence-electron chi connectivity index (χ2n) is 8.70. The van der Waals surface area contributed by atoms with Gasteiger partial charge >= 0.3 is 5.97 Å². The van der Waals surface area contributed by atoms with Gasteiger partial charge in [-0.3, -0.25) is 4.79 Å². The van der Waals surface area contributed by atoms with Gasteiger partial charge in [0.2, 0.25) is 0 Å². The van der Waals surface area contributed by atoms with Crippen LogP contribution in [0.2, 0.25) is 0 Å². The Hall–Kier alpha value is -4.72. The highest BCUT2D eigenvalue weighted by atomic mass is 16.5. The van der Waals surface area contributed by atoms with Crippen LogP contribution in [0.1, 0.15) is 34.0 Å². The van der Waals surface area contributed by atoms with E-state index >= 15 is 0 Å². The number of pyridine rings is 1. The van der Waals surface area contributed by atoms with Gasteiger partial charge in [-0.15, -0.1) is 0 Å². The Kier molecular flexibility index (Phi) is 6.57. The van der Waals surface area contributed by atoms with E-state index in [1.54, 1.807) is 35.4 Å². The first-order valence-electron chi connectivity index (χ1n) is 11.6. The summed E-state index contributed by atoms with van der Waals surface area (Å²) in [4.78, 5) is 20.3. The predicted octanol–water partition coefficient (Wildman–Crippen LogP) is 4.57. The number of hydrogen-bond acceptors (Lipinski definition) is 6. The molecular weight excluding hydrogens is 454 g/mol. The number of carbonyl (C=O) groups is 1. The molecule has 0 saturated carbocycles. The fourth-order valence-corrected chi connectivity index (χ4v) is 4.08. The number of carboxylic acids is 1. The highest BCUT2D eigenvalue weighted by Crippen LogP contribution is 2.24. The van der Waals surface area contributed by atoms with Gasteiger partial charge in [0.25, 0.3) is 0 Å². The summed E-state index contributed by atoms with van der Waals surface area (Å²) in [5.41, 5.74) is 11.0. The minimum Gasteiger partial charge on any atom is -0.481 e. The van der Waals surface area contributed by atoms with Gasteiger partial charge in [0.15, 0.2) is 5.76 Å². The van der Waals surface area contributed by atoms with Crippen LogP contribution >= 0.6 is 0 Å². The van der Waals surface area contributed by atoms with Gasteiger partial charge in [0, 0.05) is 24.0 Å². The average molecular weight is 480 g/mol. The van der Waals surface area contributed by atoms with Crippen molar-refractivity contribution < 1.29 is 14.4 Å². The molecule has 0 amide bonds. The molecule has 0 saturated heterocycles. The number of nitrogens with two attached hydrogens (primary N) is 1. The number of nitrogen functional groups attached to an aromatic ring is 1. The Morgan fingerprint density at radius 3 is 2.44 bits per heavy atom. The summed E-state index contributed by atoms with van der Waals surface area (Å²) in [5.74, 6) is -0.670. The van der Waals surface area contributed by atoms with Crippen LogP contribution in [0.15, 0.2) is 96.0 Å². The molecule has 3 heterocycles. The van der Waals surface area contributed by atoms with E-state index in [4.69, 9.17) is 10.3 Å². The zero-order valence-corrected chi connectivity index (χ0v) is 19.5. The first-order valence-corrected chi connectivity index (χ1v) is 11.6. The van der Waals surface area contributed by atoms with Crippen molar-refractivity contribution in [2.45, 2.75) is 25.3 Å². The number of aromatic nitrogens is 4. The van der Waals surface area contributed by atoms with E-state index in [1.807, 2.05) is 36.4 Å². The maximum atomic E-state index is 11.9. The van der Waals surface area contributed by atoms with Crippen LogP contribution in [0.3, 0.4) is 0 Å². The van der Waals surface area contributed by atoms with Gasteiger partial charge in [0.1, 0.15) is 17.4 Å². The van der Waals surface area contributed by atoms with Crippen LogP contribution in [0.4, 0.5) is 5.82 Å². The standard InChI is InChI=1S/C28H25N5O3/c29-27-11-8-21(15-30-27)13-24(28(34)35)25-17-33(18-31-25)16-23-14-26(36-32-23)22-9-6-20(7-10-22)12-19-4-2-1-3-5-19/h1-11,14-15,17-18,24H,12-13,16H2,(H2,29,30)(H,34,35). The van der Waals surface area contributed by atoms with E-state index < -0.39 is 11.9 Å². The summed E-state index contributed by atoms with van der Waals surface area (Å²) in [6, 6.07) is 23.9. The summed E-state index contributed by atoms with van der Waals surface area (Å²) < 4.78 is 7.37. The SMILES string of the molecule is Nc1ccc(CC(C(=O)O)c2cn(Cc3cc(-c4ccc(Cc5ccccc5)cc4)on3)cn2)cn1. The molecule has 0 aliphatic carbocycles. The molecular formula is C28H25N5O3. The molecule has 0 fully saturated rings. The molecule has 5 rings (SSSR count). The van der Waals surface area contributed by atoms with Gasteiger partial charge < -0.3 is 19.9 Å². The van der Waals surface area contributed by atoms with E-state index in [-0.39, 0.29) is 6.42 Å². The third-order valence-corrected chi connectivity index (χ3v) is 5.99. The highest BCUT2D eigenvalue weighted by molar-refractivity contribution is 5.75. The van der Waals surface area contributed by atoms with Gasteiger partial charge in [-0.25, -0.2) is 9.97 Å². The van der Waals surface area contributed by atoms with Crippen LogP contribution in [-0.2, 0) is 24.2 Å². The number of imidazole rings is 1. The lowest BCUT2D eigenvalue weighted by molar-refractivity contribution is -0.138.